The summed E-state index contributed by atoms with van der Waals surface area (Å²) in [5.41, 5.74) is 2.79. The van der Waals surface area contributed by atoms with Crippen molar-refractivity contribution in [2.24, 2.45) is 0 Å². The molecular weight excluding hydrogens is 499 g/mol. The van der Waals surface area contributed by atoms with E-state index in [0.717, 1.165) is 41.6 Å². The smallest absolute Gasteiger partial charge is 0.481 e. The van der Waals surface area contributed by atoms with Gasteiger partial charge in [0.25, 0.3) is 5.91 Å². The number of carboxylic acids is 1. The summed E-state index contributed by atoms with van der Waals surface area (Å²) in [4.78, 5) is 35.4. The van der Waals surface area contributed by atoms with E-state index in [2.05, 4.69) is 30.9 Å². The topological polar surface area (TPSA) is 101 Å². The van der Waals surface area contributed by atoms with Crippen LogP contribution in [0.15, 0.2) is 42.0 Å². The van der Waals surface area contributed by atoms with E-state index in [1.54, 1.807) is 24.6 Å². The van der Waals surface area contributed by atoms with Gasteiger partial charge in [0.1, 0.15) is 5.69 Å². The predicted molar refractivity (Wildman–Crippen MR) is 124 cm³/mol. The average Bonchev–Trinajstić information content (AvgIpc) is 3.56. The Balaban J connectivity index is 0.000000384. The fraction of sp³-hybridized carbons (Fsp3) is 0.391. The molecule has 0 unspecified atom stereocenters. The van der Waals surface area contributed by atoms with Gasteiger partial charge in [0.15, 0.2) is 0 Å². The number of fused-ring (bicyclic) bond motifs is 3. The fourth-order valence-electron chi connectivity index (χ4n) is 4.53. The highest BCUT2D eigenvalue weighted by atomic mass is 32.1. The number of amides is 1. The van der Waals surface area contributed by atoms with Crippen LogP contribution >= 0.6 is 11.3 Å². The largest absolute Gasteiger partial charge is 0.490 e. The number of nitrogens with zero attached hydrogens (tertiary/aromatic N) is 5. The van der Waals surface area contributed by atoms with Crippen molar-refractivity contribution in [1.82, 2.24) is 24.3 Å². The molecule has 2 atom stereocenters. The maximum Gasteiger partial charge on any atom is 0.490 e. The van der Waals surface area contributed by atoms with Gasteiger partial charge >= 0.3 is 12.1 Å². The first-order valence-corrected chi connectivity index (χ1v) is 11.9. The van der Waals surface area contributed by atoms with Crippen molar-refractivity contribution in [2.75, 3.05) is 20.2 Å². The van der Waals surface area contributed by atoms with Gasteiger partial charge in [0, 0.05) is 43.0 Å². The number of aryl methyl sites for hydroxylation is 1. The van der Waals surface area contributed by atoms with Crippen molar-refractivity contribution in [3.63, 3.8) is 0 Å². The molecule has 1 amide bonds. The van der Waals surface area contributed by atoms with E-state index in [-0.39, 0.29) is 18.0 Å². The zero-order valence-corrected chi connectivity index (χ0v) is 20.3. The second-order valence-electron chi connectivity index (χ2n) is 8.40. The summed E-state index contributed by atoms with van der Waals surface area (Å²) >= 11 is 1.63. The number of halogens is 3. The molecule has 3 aromatic heterocycles. The lowest BCUT2D eigenvalue weighted by Crippen LogP contribution is -2.49. The lowest BCUT2D eigenvalue weighted by atomic mass is 10.1. The standard InChI is InChI=1S/C21H23N5O2S.C2HF3O2/c1-14-23-16(13-29-14)10-26-19-12-24(9-15-5-3-7-22-20(15)28-2)11-18(19)25-8-4-6-17(25)21(26)27;3-2(4,5)1(6)7/h3-8,13,18-19H,9-12H2,1-2H3;(H,6,7)/t18-,19+;/m0./s1. The highest BCUT2D eigenvalue weighted by molar-refractivity contribution is 7.09. The highest BCUT2D eigenvalue weighted by Crippen LogP contribution is 2.35. The van der Waals surface area contributed by atoms with Crippen LogP contribution in [0.4, 0.5) is 13.2 Å². The number of likely N-dealkylation sites (tertiary alicyclic amines) is 1. The Morgan fingerprint density at radius 2 is 1.94 bits per heavy atom. The van der Waals surface area contributed by atoms with Crippen molar-refractivity contribution >= 4 is 23.2 Å². The van der Waals surface area contributed by atoms with E-state index in [1.165, 1.54) is 0 Å². The Bertz CT molecular complexity index is 1240. The summed E-state index contributed by atoms with van der Waals surface area (Å²) in [7, 11) is 1.65. The van der Waals surface area contributed by atoms with Crippen LogP contribution in [-0.4, -0.2) is 73.7 Å². The van der Waals surface area contributed by atoms with Crippen molar-refractivity contribution < 1.29 is 32.6 Å². The number of ether oxygens (including phenoxy) is 1. The minimum Gasteiger partial charge on any atom is -0.481 e. The van der Waals surface area contributed by atoms with Gasteiger partial charge in [-0.3, -0.25) is 9.69 Å². The van der Waals surface area contributed by atoms with Gasteiger partial charge in [-0.25, -0.2) is 14.8 Å². The number of rotatable bonds is 5. The first kappa shape index (κ1) is 25.6. The molecule has 36 heavy (non-hydrogen) atoms. The lowest BCUT2D eigenvalue weighted by molar-refractivity contribution is -0.192. The molecule has 3 aromatic rings. The Hall–Kier alpha value is -3.45. The van der Waals surface area contributed by atoms with Crippen molar-refractivity contribution in [1.29, 1.82) is 0 Å². The Morgan fingerprint density at radius 3 is 2.58 bits per heavy atom. The summed E-state index contributed by atoms with van der Waals surface area (Å²) < 4.78 is 39.3. The monoisotopic (exact) mass is 523 g/mol. The molecule has 0 spiro atoms. The molecule has 9 nitrogen and oxygen atoms in total. The number of carbonyl (C=O) groups is 2. The third-order valence-electron chi connectivity index (χ3n) is 6.03. The lowest BCUT2D eigenvalue weighted by Gasteiger charge is -2.38. The number of aliphatic carboxylic acids is 1. The second-order valence-corrected chi connectivity index (χ2v) is 9.46. The number of methoxy groups -OCH3 is 1. The second kappa shape index (κ2) is 10.3. The summed E-state index contributed by atoms with van der Waals surface area (Å²) in [6.07, 6.45) is -1.31. The van der Waals surface area contributed by atoms with Gasteiger partial charge < -0.3 is 19.3 Å². The number of hydrogen-bond donors (Lipinski definition) is 1. The minimum absolute atomic E-state index is 0.0858. The molecule has 0 bridgehead atoms. The third kappa shape index (κ3) is 5.36. The molecule has 0 aromatic carbocycles. The van der Waals surface area contributed by atoms with Crippen LogP contribution in [0.5, 0.6) is 5.88 Å². The Kier molecular flexibility index (Phi) is 7.31. The van der Waals surface area contributed by atoms with Gasteiger partial charge in [-0.15, -0.1) is 11.3 Å². The normalized spacial score (nSPS) is 19.4. The molecule has 1 fully saturated rings. The van der Waals surface area contributed by atoms with Crippen LogP contribution in [0.1, 0.15) is 32.8 Å². The zero-order chi connectivity index (χ0) is 26.0. The van der Waals surface area contributed by atoms with Crippen LogP contribution < -0.4 is 4.74 Å². The third-order valence-corrected chi connectivity index (χ3v) is 6.85. The summed E-state index contributed by atoms with van der Waals surface area (Å²) in [5, 5.41) is 10.2. The predicted octanol–water partition coefficient (Wildman–Crippen LogP) is 3.37. The first-order chi connectivity index (χ1) is 17.1. The maximum absolute atomic E-state index is 13.2. The number of thiazole rings is 1. The van der Waals surface area contributed by atoms with Gasteiger partial charge in [-0.2, -0.15) is 13.2 Å². The van der Waals surface area contributed by atoms with E-state index < -0.39 is 12.1 Å². The first-order valence-electron chi connectivity index (χ1n) is 11.0. The summed E-state index contributed by atoms with van der Waals surface area (Å²) in [6, 6.07) is 8.23. The number of pyridine rings is 1. The van der Waals surface area contributed by atoms with Gasteiger partial charge in [-0.1, -0.05) is 6.07 Å². The van der Waals surface area contributed by atoms with Crippen LogP contribution in [-0.2, 0) is 17.9 Å². The molecule has 1 N–H and O–H groups in total. The zero-order valence-electron chi connectivity index (χ0n) is 19.5. The van der Waals surface area contributed by atoms with E-state index >= 15 is 0 Å². The highest BCUT2D eigenvalue weighted by Gasteiger charge is 2.45. The summed E-state index contributed by atoms with van der Waals surface area (Å²) in [6.45, 7) is 5.00. The van der Waals surface area contributed by atoms with Crippen molar-refractivity contribution in [2.45, 2.75) is 38.3 Å². The molecule has 1 saturated heterocycles. The van der Waals surface area contributed by atoms with Gasteiger partial charge in [0.05, 0.1) is 36.4 Å². The van der Waals surface area contributed by atoms with Crippen LogP contribution in [0, 0.1) is 6.92 Å². The molecule has 2 aliphatic heterocycles. The molecule has 0 saturated carbocycles. The van der Waals surface area contributed by atoms with Gasteiger partial charge in [0.2, 0.25) is 5.88 Å². The van der Waals surface area contributed by atoms with Crippen molar-refractivity contribution in [3.8, 4) is 5.88 Å². The SMILES string of the molecule is COc1ncccc1CN1C[C@@H]2[C@H](C1)n1cccc1C(=O)N2Cc1csc(C)n1.O=C(O)C(F)(F)F. The molecule has 2 aliphatic rings. The average molecular weight is 524 g/mol. The minimum atomic E-state index is -5.08. The number of hydrogen-bond acceptors (Lipinski definition) is 7. The number of carbonyl (C=O) groups excluding carboxylic acids is 1. The molecule has 0 aliphatic carbocycles. The van der Waals surface area contributed by atoms with E-state index in [0.29, 0.717) is 12.4 Å². The molecule has 5 rings (SSSR count). The molecule has 192 valence electrons. The Labute approximate surface area is 208 Å². The molecule has 0 radical (unpaired) electrons. The summed E-state index contributed by atoms with van der Waals surface area (Å²) in [5.74, 6) is -2.01. The quantitative estimate of drug-likeness (QED) is 0.547. The van der Waals surface area contributed by atoms with Crippen LogP contribution in [0.3, 0.4) is 0 Å². The van der Waals surface area contributed by atoms with E-state index in [9.17, 15) is 18.0 Å². The van der Waals surface area contributed by atoms with E-state index in [1.807, 2.05) is 36.2 Å². The number of alkyl halides is 3. The fourth-order valence-corrected chi connectivity index (χ4v) is 5.14. The molecule has 5 heterocycles. The van der Waals surface area contributed by atoms with Crippen LogP contribution in [0.25, 0.3) is 0 Å². The Morgan fingerprint density at radius 1 is 1.22 bits per heavy atom. The maximum atomic E-state index is 13.2. The molecule has 13 heteroatoms. The van der Waals surface area contributed by atoms with E-state index in [4.69, 9.17) is 14.6 Å². The van der Waals surface area contributed by atoms with Gasteiger partial charge in [-0.05, 0) is 25.1 Å². The van der Waals surface area contributed by atoms with Crippen molar-refractivity contribution in [3.05, 3.63) is 64.0 Å². The molecular formula is C23H24F3N5O4S. The number of carboxylic acid groups (broad SMARTS) is 1. The number of aromatic nitrogens is 3. The van der Waals surface area contributed by atoms with Crippen LogP contribution in [0.2, 0.25) is 0 Å².